The smallest absolute Gasteiger partial charge is 0.261 e. The summed E-state index contributed by atoms with van der Waals surface area (Å²) in [5, 5.41) is 0. The quantitative estimate of drug-likeness (QED) is 0.398. The number of sulfonamides is 1. The zero-order valence-electron chi connectivity index (χ0n) is 17.6. The number of sulfone groups is 1. The molecule has 0 heterocycles. The molecule has 4 rings (SSSR count). The Hall–Kier alpha value is -3.49. The Labute approximate surface area is 192 Å². The van der Waals surface area contributed by atoms with Crippen LogP contribution in [0.3, 0.4) is 0 Å². The number of halogens is 1. The van der Waals surface area contributed by atoms with Gasteiger partial charge >= 0.3 is 0 Å². The van der Waals surface area contributed by atoms with Crippen LogP contribution in [-0.2, 0) is 19.9 Å². The van der Waals surface area contributed by atoms with Gasteiger partial charge in [-0.2, -0.15) is 0 Å². The van der Waals surface area contributed by atoms with Gasteiger partial charge in [-0.3, -0.25) is 4.72 Å². The number of nitrogens with one attached hydrogen (secondary N) is 1. The van der Waals surface area contributed by atoms with Gasteiger partial charge in [-0.1, -0.05) is 42.0 Å². The van der Waals surface area contributed by atoms with Crippen LogP contribution in [0.15, 0.2) is 112 Å². The van der Waals surface area contributed by atoms with Crippen molar-refractivity contribution in [1.82, 2.24) is 0 Å². The van der Waals surface area contributed by atoms with Gasteiger partial charge in [-0.15, -0.1) is 0 Å². The van der Waals surface area contributed by atoms with Crippen LogP contribution in [0.25, 0.3) is 11.1 Å². The normalized spacial score (nSPS) is 11.8. The van der Waals surface area contributed by atoms with Crippen LogP contribution < -0.4 is 4.72 Å². The van der Waals surface area contributed by atoms with Crippen molar-refractivity contribution in [2.75, 3.05) is 4.72 Å². The van der Waals surface area contributed by atoms with Crippen molar-refractivity contribution in [2.45, 2.75) is 21.6 Å². The number of rotatable bonds is 6. The molecule has 5 nitrogen and oxygen atoms in total. The van der Waals surface area contributed by atoms with E-state index in [2.05, 4.69) is 4.72 Å². The fourth-order valence-electron chi connectivity index (χ4n) is 3.24. The highest BCUT2D eigenvalue weighted by atomic mass is 32.2. The summed E-state index contributed by atoms with van der Waals surface area (Å²) in [6, 6.07) is 24.3. The fraction of sp³-hybridized carbons (Fsp3) is 0.0400. The standard InChI is InChI=1S/C25H20FNO4S2/c1-18-2-12-23(13-3-18)32(28,29)24-14-4-19(5-15-24)20-6-16-25(17-7-20)33(30,31)27-22-10-8-21(26)9-11-22/h2-17,27H,1H3. The maximum absolute atomic E-state index is 13.0. The third-order valence-electron chi connectivity index (χ3n) is 5.09. The summed E-state index contributed by atoms with van der Waals surface area (Å²) in [5.74, 6) is -0.458. The molecule has 0 aromatic heterocycles. The van der Waals surface area contributed by atoms with Crippen molar-refractivity contribution in [1.29, 1.82) is 0 Å². The minimum absolute atomic E-state index is 0.0501. The van der Waals surface area contributed by atoms with Gasteiger partial charge < -0.3 is 0 Å². The van der Waals surface area contributed by atoms with E-state index < -0.39 is 25.7 Å². The second-order valence-corrected chi connectivity index (χ2v) is 11.1. The van der Waals surface area contributed by atoms with Crippen molar-refractivity contribution in [2.24, 2.45) is 0 Å². The molecule has 0 spiro atoms. The summed E-state index contributed by atoms with van der Waals surface area (Å²) >= 11 is 0. The number of anilines is 1. The van der Waals surface area contributed by atoms with Gasteiger partial charge in [0.05, 0.1) is 14.7 Å². The fourth-order valence-corrected chi connectivity index (χ4v) is 5.56. The third kappa shape index (κ3) is 4.97. The van der Waals surface area contributed by atoms with Gasteiger partial charge in [0, 0.05) is 5.69 Å². The molecule has 168 valence electrons. The summed E-state index contributed by atoms with van der Waals surface area (Å²) in [6.45, 7) is 1.89. The molecule has 0 aliphatic heterocycles. The third-order valence-corrected chi connectivity index (χ3v) is 8.27. The van der Waals surface area contributed by atoms with Crippen molar-refractivity contribution >= 4 is 25.5 Å². The van der Waals surface area contributed by atoms with Crippen molar-refractivity contribution in [3.63, 3.8) is 0 Å². The number of benzene rings is 4. The molecule has 0 saturated heterocycles. The largest absolute Gasteiger partial charge is 0.280 e. The van der Waals surface area contributed by atoms with Crippen molar-refractivity contribution in [3.8, 4) is 11.1 Å². The van der Waals surface area contributed by atoms with Gasteiger partial charge in [0.25, 0.3) is 10.0 Å². The minimum atomic E-state index is -3.84. The highest BCUT2D eigenvalue weighted by Crippen LogP contribution is 2.26. The molecule has 0 saturated carbocycles. The predicted octanol–water partition coefficient (Wildman–Crippen LogP) is 5.43. The van der Waals surface area contributed by atoms with Crippen LogP contribution in [0.1, 0.15) is 5.56 Å². The van der Waals surface area contributed by atoms with Crippen LogP contribution in [-0.4, -0.2) is 16.8 Å². The first-order valence-electron chi connectivity index (χ1n) is 9.96. The Morgan fingerprint density at radius 1 is 0.576 bits per heavy atom. The van der Waals surface area contributed by atoms with Crippen LogP contribution in [0.4, 0.5) is 10.1 Å². The lowest BCUT2D eigenvalue weighted by Crippen LogP contribution is -2.12. The van der Waals surface area contributed by atoms with E-state index in [1.54, 1.807) is 48.5 Å². The Balaban J connectivity index is 1.54. The molecule has 0 amide bonds. The topological polar surface area (TPSA) is 80.3 Å². The van der Waals surface area contributed by atoms with Crippen molar-refractivity contribution < 1.29 is 21.2 Å². The van der Waals surface area contributed by atoms with E-state index >= 15 is 0 Å². The lowest BCUT2D eigenvalue weighted by atomic mass is 10.1. The number of hydrogen-bond donors (Lipinski definition) is 1. The number of aryl methyl sites for hydroxylation is 1. The van der Waals surface area contributed by atoms with Crippen LogP contribution in [0.5, 0.6) is 0 Å². The van der Waals surface area contributed by atoms with Gasteiger partial charge in [-0.25, -0.2) is 21.2 Å². The van der Waals surface area contributed by atoms with E-state index in [-0.39, 0.29) is 20.4 Å². The van der Waals surface area contributed by atoms with E-state index in [1.807, 2.05) is 6.92 Å². The highest BCUT2D eigenvalue weighted by molar-refractivity contribution is 7.92. The van der Waals surface area contributed by atoms with E-state index in [9.17, 15) is 21.2 Å². The molecule has 0 aliphatic carbocycles. The SMILES string of the molecule is Cc1ccc(S(=O)(=O)c2ccc(-c3ccc(S(=O)(=O)Nc4ccc(F)cc4)cc3)cc2)cc1. The molecule has 0 atom stereocenters. The monoisotopic (exact) mass is 481 g/mol. The van der Waals surface area contributed by atoms with Crippen molar-refractivity contribution in [3.05, 3.63) is 108 Å². The first-order valence-corrected chi connectivity index (χ1v) is 12.9. The van der Waals surface area contributed by atoms with E-state index in [0.29, 0.717) is 0 Å². The molecule has 1 N–H and O–H groups in total. The summed E-state index contributed by atoms with van der Waals surface area (Å²) < 4.78 is 66.2. The second-order valence-electron chi connectivity index (χ2n) is 7.48. The Bertz CT molecular complexity index is 1480. The van der Waals surface area contributed by atoms with Crippen LogP contribution in [0, 0.1) is 12.7 Å². The molecule has 8 heteroatoms. The lowest BCUT2D eigenvalue weighted by molar-refractivity contribution is 0.595. The first-order chi connectivity index (χ1) is 15.6. The number of hydrogen-bond acceptors (Lipinski definition) is 4. The maximum atomic E-state index is 13.0. The Kier molecular flexibility index (Phi) is 6.05. The lowest BCUT2D eigenvalue weighted by Gasteiger charge is -2.10. The van der Waals surface area contributed by atoms with E-state index in [1.165, 1.54) is 48.5 Å². The molecule has 4 aromatic rings. The first kappa shape index (κ1) is 22.7. The highest BCUT2D eigenvalue weighted by Gasteiger charge is 2.18. The summed E-state index contributed by atoms with van der Waals surface area (Å²) in [4.78, 5) is 0.455. The van der Waals surface area contributed by atoms with E-state index in [0.717, 1.165) is 16.7 Å². The van der Waals surface area contributed by atoms with Crippen LogP contribution in [0.2, 0.25) is 0 Å². The maximum Gasteiger partial charge on any atom is 0.261 e. The second kappa shape index (κ2) is 8.80. The molecule has 0 aliphatic rings. The van der Waals surface area contributed by atoms with Crippen LogP contribution >= 0.6 is 0 Å². The van der Waals surface area contributed by atoms with Gasteiger partial charge in [-0.05, 0) is 78.7 Å². The Morgan fingerprint density at radius 2 is 1.00 bits per heavy atom. The molecule has 0 fully saturated rings. The molecule has 0 radical (unpaired) electrons. The molecule has 0 unspecified atom stereocenters. The molecule has 4 aromatic carbocycles. The Morgan fingerprint density at radius 3 is 1.48 bits per heavy atom. The average molecular weight is 482 g/mol. The summed E-state index contributed by atoms with van der Waals surface area (Å²) in [6.07, 6.45) is 0. The zero-order chi connectivity index (χ0) is 23.6. The summed E-state index contributed by atoms with van der Waals surface area (Å²) in [7, 11) is -7.46. The molecular weight excluding hydrogens is 461 g/mol. The average Bonchev–Trinajstić information content (AvgIpc) is 2.81. The van der Waals surface area contributed by atoms with Gasteiger partial charge in [0.15, 0.2) is 0 Å². The zero-order valence-corrected chi connectivity index (χ0v) is 19.2. The summed E-state index contributed by atoms with van der Waals surface area (Å²) in [5.41, 5.74) is 2.71. The molecular formula is C25H20FNO4S2. The van der Waals surface area contributed by atoms with Gasteiger partial charge in [0.2, 0.25) is 9.84 Å². The molecule has 0 bridgehead atoms. The predicted molar refractivity (Wildman–Crippen MR) is 126 cm³/mol. The van der Waals surface area contributed by atoms with E-state index in [4.69, 9.17) is 0 Å². The molecule has 33 heavy (non-hydrogen) atoms. The minimum Gasteiger partial charge on any atom is -0.280 e. The van der Waals surface area contributed by atoms with Gasteiger partial charge in [0.1, 0.15) is 5.82 Å².